The minimum atomic E-state index is -0.366. The summed E-state index contributed by atoms with van der Waals surface area (Å²) in [6.07, 6.45) is 0. The number of carbonyl (C=O) groups excluding carboxylic acids is 1. The Morgan fingerprint density at radius 1 is 1.04 bits per heavy atom. The molecule has 0 amide bonds. The molecule has 0 saturated carbocycles. The average molecular weight is 333 g/mol. The highest BCUT2D eigenvalue weighted by Gasteiger charge is 2.27. The van der Waals surface area contributed by atoms with Crippen molar-refractivity contribution in [1.82, 2.24) is 0 Å². The number of nitrogens with zero attached hydrogens (tertiary/aromatic N) is 1. The summed E-state index contributed by atoms with van der Waals surface area (Å²) in [5.41, 5.74) is 5.74. The summed E-state index contributed by atoms with van der Waals surface area (Å²) in [5, 5.41) is 19.6. The summed E-state index contributed by atoms with van der Waals surface area (Å²) >= 11 is 0. The van der Waals surface area contributed by atoms with Gasteiger partial charge in [0.15, 0.2) is 5.78 Å². The summed E-state index contributed by atoms with van der Waals surface area (Å²) in [7, 11) is 0. The van der Waals surface area contributed by atoms with E-state index in [1.807, 2.05) is 52.0 Å². The highest BCUT2D eigenvalue weighted by Crippen LogP contribution is 2.40. The van der Waals surface area contributed by atoms with Crippen LogP contribution in [0, 0.1) is 25.2 Å². The number of hydrogen-bond donors (Lipinski definition) is 1. The largest absolute Gasteiger partial charge is 0.508 e. The van der Waals surface area contributed by atoms with Crippen LogP contribution in [0.1, 0.15) is 54.5 Å². The van der Waals surface area contributed by atoms with Crippen molar-refractivity contribution in [2.45, 2.75) is 40.5 Å². The van der Waals surface area contributed by atoms with Crippen LogP contribution >= 0.6 is 0 Å². The molecule has 0 aromatic heterocycles. The first kappa shape index (κ1) is 18.5. The van der Waals surface area contributed by atoms with Crippen LogP contribution in [0.4, 0.5) is 0 Å². The van der Waals surface area contributed by atoms with Crippen LogP contribution in [-0.4, -0.2) is 10.9 Å². The third kappa shape index (κ3) is 3.80. The van der Waals surface area contributed by atoms with Gasteiger partial charge in [-0.15, -0.1) is 0 Å². The molecular weight excluding hydrogens is 310 g/mol. The van der Waals surface area contributed by atoms with Gasteiger partial charge in [0.1, 0.15) is 5.75 Å². The minimum Gasteiger partial charge on any atom is -0.508 e. The van der Waals surface area contributed by atoms with Crippen molar-refractivity contribution in [3.63, 3.8) is 0 Å². The predicted molar refractivity (Wildman–Crippen MR) is 99.6 cm³/mol. The van der Waals surface area contributed by atoms with Gasteiger partial charge in [-0.3, -0.25) is 4.79 Å². The van der Waals surface area contributed by atoms with E-state index in [-0.39, 0.29) is 17.5 Å². The van der Waals surface area contributed by atoms with Crippen molar-refractivity contribution >= 4 is 5.78 Å². The fourth-order valence-corrected chi connectivity index (χ4v) is 3.30. The number of hydrogen-bond acceptors (Lipinski definition) is 3. The van der Waals surface area contributed by atoms with E-state index in [0.29, 0.717) is 16.7 Å². The summed E-state index contributed by atoms with van der Waals surface area (Å²) in [4.78, 5) is 12.4. The first-order chi connectivity index (χ1) is 11.8. The van der Waals surface area contributed by atoms with Crippen LogP contribution in [0.15, 0.2) is 47.5 Å². The molecule has 0 fully saturated rings. The summed E-state index contributed by atoms with van der Waals surface area (Å²) in [6.45, 7) is 9.27. The molecule has 0 unspecified atom stereocenters. The molecule has 0 aliphatic heterocycles. The van der Waals surface area contributed by atoms with Crippen LogP contribution in [0.5, 0.6) is 5.75 Å². The van der Waals surface area contributed by atoms with Crippen molar-refractivity contribution in [3.05, 3.63) is 75.4 Å². The average Bonchev–Trinajstić information content (AvgIpc) is 2.54. The van der Waals surface area contributed by atoms with Crippen LogP contribution in [0.25, 0.3) is 0 Å². The predicted octanol–water partition coefficient (Wildman–Crippen LogP) is 4.94. The lowest BCUT2D eigenvalue weighted by Gasteiger charge is -2.24. The molecule has 3 nitrogen and oxygen atoms in total. The zero-order chi connectivity index (χ0) is 18.7. The lowest BCUT2D eigenvalue weighted by molar-refractivity contribution is -0.113. The Morgan fingerprint density at radius 2 is 1.72 bits per heavy atom. The second-order valence-corrected chi connectivity index (χ2v) is 6.65. The monoisotopic (exact) mass is 333 g/mol. The number of nitriles is 1. The smallest absolute Gasteiger partial charge is 0.156 e. The molecule has 0 aliphatic carbocycles. The lowest BCUT2D eigenvalue weighted by Crippen LogP contribution is -2.14. The quantitative estimate of drug-likeness (QED) is 0.806. The maximum absolute atomic E-state index is 12.4. The first-order valence-corrected chi connectivity index (χ1v) is 8.24. The van der Waals surface area contributed by atoms with Gasteiger partial charge in [-0.2, -0.15) is 5.26 Å². The molecule has 0 spiro atoms. The number of benzene rings is 2. The summed E-state index contributed by atoms with van der Waals surface area (Å²) in [6, 6.07) is 13.0. The Hall–Kier alpha value is -2.86. The van der Waals surface area contributed by atoms with Crippen LogP contribution in [0.2, 0.25) is 0 Å². The molecular formula is C22H23NO2. The van der Waals surface area contributed by atoms with E-state index >= 15 is 0 Å². The van der Waals surface area contributed by atoms with E-state index in [1.54, 1.807) is 19.1 Å². The normalized spacial score (nSPS) is 11.5. The van der Waals surface area contributed by atoms with Crippen LogP contribution < -0.4 is 0 Å². The number of carbonyl (C=O) groups is 1. The van der Waals surface area contributed by atoms with Crippen molar-refractivity contribution in [3.8, 4) is 11.8 Å². The van der Waals surface area contributed by atoms with Gasteiger partial charge in [0.2, 0.25) is 0 Å². The molecule has 2 aromatic rings. The Kier molecular flexibility index (Phi) is 5.44. The minimum absolute atomic E-state index is 0.0188. The molecule has 0 saturated heterocycles. The highest BCUT2D eigenvalue weighted by molar-refractivity contribution is 5.96. The van der Waals surface area contributed by atoms with E-state index in [0.717, 1.165) is 22.3 Å². The Labute approximate surface area is 149 Å². The Bertz CT molecular complexity index is 897. The third-order valence-electron chi connectivity index (χ3n) is 4.41. The molecule has 1 N–H and O–H groups in total. The highest BCUT2D eigenvalue weighted by atomic mass is 16.3. The van der Waals surface area contributed by atoms with Crippen molar-refractivity contribution in [1.29, 1.82) is 5.26 Å². The van der Waals surface area contributed by atoms with Crippen LogP contribution in [-0.2, 0) is 4.79 Å². The molecule has 128 valence electrons. The molecule has 2 rings (SSSR count). The fraction of sp³-hybridized carbons (Fsp3) is 0.273. The Balaban J connectivity index is 2.83. The van der Waals surface area contributed by atoms with Gasteiger partial charge < -0.3 is 5.11 Å². The second kappa shape index (κ2) is 7.36. The molecule has 25 heavy (non-hydrogen) atoms. The molecule has 3 heteroatoms. The van der Waals surface area contributed by atoms with Crippen molar-refractivity contribution < 1.29 is 9.90 Å². The number of aryl methyl sites for hydroxylation is 2. The SMILES string of the molecule is CC(=O)C(=C(C)C)[C@H](c1ccc(C#N)cc1C)c1cc(C)ccc1O. The van der Waals surface area contributed by atoms with Crippen molar-refractivity contribution in [2.24, 2.45) is 0 Å². The topological polar surface area (TPSA) is 61.1 Å². The fourth-order valence-electron chi connectivity index (χ4n) is 3.30. The lowest BCUT2D eigenvalue weighted by atomic mass is 9.78. The maximum Gasteiger partial charge on any atom is 0.156 e. The number of ketones is 1. The van der Waals surface area contributed by atoms with Gasteiger partial charge in [0.25, 0.3) is 0 Å². The molecule has 2 aromatic carbocycles. The standard InChI is InChI=1S/C22H23NO2/c1-13(2)21(16(5)24)22(19-10-14(3)6-9-20(19)25)18-8-7-17(12-23)11-15(18)4/h6-11,22,25H,1-5H3/t22-/m1/s1. The first-order valence-electron chi connectivity index (χ1n) is 8.24. The zero-order valence-electron chi connectivity index (χ0n) is 15.3. The number of phenolic OH excluding ortho intramolecular Hbond substituents is 1. The third-order valence-corrected chi connectivity index (χ3v) is 4.41. The number of allylic oxidation sites excluding steroid dienone is 2. The number of Topliss-reactive ketones (excluding diaryl/α,β-unsaturated/α-hetero) is 1. The number of aromatic hydroxyl groups is 1. The van der Waals surface area contributed by atoms with E-state index in [4.69, 9.17) is 5.26 Å². The number of rotatable bonds is 4. The molecule has 0 radical (unpaired) electrons. The van der Waals surface area contributed by atoms with Gasteiger partial charge in [0.05, 0.1) is 11.6 Å². The van der Waals surface area contributed by atoms with E-state index in [1.165, 1.54) is 0 Å². The van der Waals surface area contributed by atoms with E-state index in [2.05, 4.69) is 6.07 Å². The van der Waals surface area contributed by atoms with Crippen molar-refractivity contribution in [2.75, 3.05) is 0 Å². The molecule has 1 atom stereocenters. The molecule has 0 aliphatic rings. The zero-order valence-corrected chi connectivity index (χ0v) is 15.3. The number of phenols is 1. The van der Waals surface area contributed by atoms with Gasteiger partial charge in [-0.25, -0.2) is 0 Å². The van der Waals surface area contributed by atoms with E-state index in [9.17, 15) is 9.90 Å². The maximum atomic E-state index is 12.4. The van der Waals surface area contributed by atoms with Gasteiger partial charge in [-0.1, -0.05) is 29.3 Å². The summed E-state index contributed by atoms with van der Waals surface area (Å²) in [5.74, 6) is -0.218. The van der Waals surface area contributed by atoms with Crippen LogP contribution in [0.3, 0.4) is 0 Å². The Morgan fingerprint density at radius 3 is 2.24 bits per heavy atom. The van der Waals surface area contributed by atoms with Gasteiger partial charge >= 0.3 is 0 Å². The van der Waals surface area contributed by atoms with Gasteiger partial charge in [0, 0.05) is 17.1 Å². The van der Waals surface area contributed by atoms with Gasteiger partial charge in [-0.05, 0) is 63.9 Å². The second-order valence-electron chi connectivity index (χ2n) is 6.65. The summed E-state index contributed by atoms with van der Waals surface area (Å²) < 4.78 is 0. The molecule has 0 bridgehead atoms. The van der Waals surface area contributed by atoms with E-state index < -0.39 is 0 Å². The molecule has 0 heterocycles.